The molecule has 0 aliphatic rings. The molecule has 0 fully saturated rings. The summed E-state index contributed by atoms with van der Waals surface area (Å²) >= 11 is 0. The Morgan fingerprint density at radius 2 is 1.74 bits per heavy atom. The predicted octanol–water partition coefficient (Wildman–Crippen LogP) is 1.82. The van der Waals surface area contributed by atoms with E-state index in [1.165, 1.54) is 30.8 Å². The van der Waals surface area contributed by atoms with Gasteiger partial charge in [-0.15, -0.1) is 0 Å². The van der Waals surface area contributed by atoms with Gasteiger partial charge in [0, 0.05) is 14.1 Å². The fourth-order valence-electron chi connectivity index (χ4n) is 3.03. The van der Waals surface area contributed by atoms with E-state index in [4.69, 9.17) is 0 Å². The highest BCUT2D eigenvalue weighted by molar-refractivity contribution is 5.94. The number of hydrogen-bond acceptors (Lipinski definition) is 4. The summed E-state index contributed by atoms with van der Waals surface area (Å²) < 4.78 is 2.29. The Hall–Kier alpha value is -3.22. The van der Waals surface area contributed by atoms with E-state index in [0.29, 0.717) is 5.39 Å². The summed E-state index contributed by atoms with van der Waals surface area (Å²) in [6.07, 6.45) is 0.724. The predicted molar refractivity (Wildman–Crippen MR) is 104 cm³/mol. The molecule has 3 rings (SSSR count). The van der Waals surface area contributed by atoms with Crippen LogP contribution in [0.15, 0.2) is 46.0 Å². The minimum absolute atomic E-state index is 0.150. The Labute approximate surface area is 156 Å². The third-order valence-electron chi connectivity index (χ3n) is 4.73. The molecule has 1 atom stereocenters. The summed E-state index contributed by atoms with van der Waals surface area (Å²) in [5.74, 6) is -0.350. The molecule has 2 heterocycles. The fraction of sp³-hybridized carbons (Fsp3) is 0.300. The first kappa shape index (κ1) is 18.6. The van der Waals surface area contributed by atoms with Gasteiger partial charge in [-0.25, -0.2) is 9.78 Å². The lowest BCUT2D eigenvalue weighted by atomic mass is 10.0. The van der Waals surface area contributed by atoms with Crippen molar-refractivity contribution in [3.63, 3.8) is 0 Å². The van der Waals surface area contributed by atoms with E-state index in [1.807, 2.05) is 38.1 Å². The molecule has 27 heavy (non-hydrogen) atoms. The SMILES string of the molecule is CCC(NC(=O)c1ccc2c(=O)n(C)c(=O)n(C)c2n1)c1ccc(C)cc1. The Morgan fingerprint density at radius 1 is 1.07 bits per heavy atom. The van der Waals surface area contributed by atoms with Gasteiger partial charge in [0.05, 0.1) is 11.4 Å². The van der Waals surface area contributed by atoms with E-state index in [0.717, 1.165) is 22.1 Å². The first-order valence-electron chi connectivity index (χ1n) is 8.77. The largest absolute Gasteiger partial charge is 0.344 e. The zero-order valence-electron chi connectivity index (χ0n) is 15.8. The van der Waals surface area contributed by atoms with Crippen LogP contribution in [0, 0.1) is 6.92 Å². The van der Waals surface area contributed by atoms with Gasteiger partial charge >= 0.3 is 5.69 Å². The van der Waals surface area contributed by atoms with Crippen molar-refractivity contribution in [2.45, 2.75) is 26.3 Å². The smallest absolute Gasteiger partial charge is 0.332 e. The van der Waals surface area contributed by atoms with Crippen LogP contribution >= 0.6 is 0 Å². The van der Waals surface area contributed by atoms with Gasteiger partial charge in [0.15, 0.2) is 0 Å². The molecule has 0 aliphatic heterocycles. The van der Waals surface area contributed by atoms with Crippen molar-refractivity contribution in [1.29, 1.82) is 0 Å². The summed E-state index contributed by atoms with van der Waals surface area (Å²) in [6.45, 7) is 4.00. The maximum atomic E-state index is 12.7. The highest BCUT2D eigenvalue weighted by atomic mass is 16.2. The van der Waals surface area contributed by atoms with Gasteiger partial charge < -0.3 is 5.32 Å². The monoisotopic (exact) mass is 366 g/mol. The molecule has 0 spiro atoms. The lowest BCUT2D eigenvalue weighted by molar-refractivity contribution is 0.0931. The highest BCUT2D eigenvalue weighted by Crippen LogP contribution is 2.18. The number of aromatic nitrogens is 3. The van der Waals surface area contributed by atoms with Crippen molar-refractivity contribution in [3.05, 3.63) is 74.1 Å². The van der Waals surface area contributed by atoms with Crippen LogP contribution in [0.1, 0.15) is 41.0 Å². The molecule has 0 radical (unpaired) electrons. The normalized spacial score (nSPS) is 12.1. The number of pyridine rings is 1. The molecule has 1 N–H and O–H groups in total. The topological polar surface area (TPSA) is 86.0 Å². The number of nitrogens with zero attached hydrogens (tertiary/aromatic N) is 3. The Morgan fingerprint density at radius 3 is 2.37 bits per heavy atom. The Bertz CT molecular complexity index is 1130. The van der Waals surface area contributed by atoms with Gasteiger partial charge in [-0.2, -0.15) is 0 Å². The van der Waals surface area contributed by atoms with Gasteiger partial charge in [0.1, 0.15) is 11.3 Å². The first-order chi connectivity index (χ1) is 12.8. The lowest BCUT2D eigenvalue weighted by Gasteiger charge is -2.17. The second-order valence-electron chi connectivity index (χ2n) is 6.62. The Kier molecular flexibility index (Phi) is 4.94. The summed E-state index contributed by atoms with van der Waals surface area (Å²) in [4.78, 5) is 41.3. The summed E-state index contributed by atoms with van der Waals surface area (Å²) in [7, 11) is 2.94. The zero-order chi connectivity index (χ0) is 19.7. The van der Waals surface area contributed by atoms with E-state index in [1.54, 1.807) is 0 Å². The van der Waals surface area contributed by atoms with Crippen molar-refractivity contribution in [3.8, 4) is 0 Å². The van der Waals surface area contributed by atoms with Crippen molar-refractivity contribution >= 4 is 16.9 Å². The van der Waals surface area contributed by atoms with E-state index in [9.17, 15) is 14.4 Å². The van der Waals surface area contributed by atoms with Crippen LogP contribution in [-0.2, 0) is 14.1 Å². The lowest BCUT2D eigenvalue weighted by Crippen LogP contribution is -2.37. The van der Waals surface area contributed by atoms with Gasteiger partial charge in [-0.05, 0) is 31.0 Å². The number of hydrogen-bond donors (Lipinski definition) is 1. The number of benzene rings is 1. The summed E-state index contributed by atoms with van der Waals surface area (Å²) in [6, 6.07) is 10.9. The van der Waals surface area contributed by atoms with Gasteiger partial charge in [-0.3, -0.25) is 18.7 Å². The molecule has 1 amide bonds. The first-order valence-corrected chi connectivity index (χ1v) is 8.77. The van der Waals surface area contributed by atoms with Crippen molar-refractivity contribution < 1.29 is 4.79 Å². The van der Waals surface area contributed by atoms with Gasteiger partial charge in [0.25, 0.3) is 11.5 Å². The molecule has 3 aromatic rings. The van der Waals surface area contributed by atoms with E-state index in [2.05, 4.69) is 10.3 Å². The third-order valence-corrected chi connectivity index (χ3v) is 4.73. The van der Waals surface area contributed by atoms with Crippen LogP contribution in [-0.4, -0.2) is 20.0 Å². The maximum absolute atomic E-state index is 12.7. The van der Waals surface area contributed by atoms with Crippen molar-refractivity contribution in [2.75, 3.05) is 0 Å². The zero-order valence-corrected chi connectivity index (χ0v) is 15.8. The molecular formula is C20H22N4O3. The van der Waals surface area contributed by atoms with Crippen LogP contribution in [0.25, 0.3) is 11.0 Å². The van der Waals surface area contributed by atoms with E-state index >= 15 is 0 Å². The number of nitrogens with one attached hydrogen (secondary N) is 1. The number of carbonyl (C=O) groups is 1. The van der Waals surface area contributed by atoms with Gasteiger partial charge in [0.2, 0.25) is 0 Å². The van der Waals surface area contributed by atoms with E-state index in [-0.39, 0.29) is 23.3 Å². The second kappa shape index (κ2) is 7.19. The van der Waals surface area contributed by atoms with Crippen LogP contribution in [0.5, 0.6) is 0 Å². The molecule has 1 aromatic carbocycles. The van der Waals surface area contributed by atoms with Crippen LogP contribution in [0.4, 0.5) is 0 Å². The van der Waals surface area contributed by atoms with Crippen LogP contribution in [0.3, 0.4) is 0 Å². The fourth-order valence-corrected chi connectivity index (χ4v) is 3.03. The van der Waals surface area contributed by atoms with Crippen LogP contribution in [0.2, 0.25) is 0 Å². The van der Waals surface area contributed by atoms with Crippen LogP contribution < -0.4 is 16.6 Å². The van der Waals surface area contributed by atoms with E-state index < -0.39 is 11.2 Å². The average molecular weight is 366 g/mol. The molecular weight excluding hydrogens is 344 g/mol. The average Bonchev–Trinajstić information content (AvgIpc) is 2.69. The number of carbonyl (C=O) groups excluding carboxylic acids is 1. The second-order valence-corrected chi connectivity index (χ2v) is 6.62. The maximum Gasteiger partial charge on any atom is 0.332 e. The minimum atomic E-state index is -0.483. The number of amides is 1. The molecule has 0 saturated heterocycles. The molecule has 2 aromatic heterocycles. The molecule has 7 nitrogen and oxygen atoms in total. The highest BCUT2D eigenvalue weighted by Gasteiger charge is 2.17. The van der Waals surface area contributed by atoms with Crippen molar-refractivity contribution in [2.24, 2.45) is 14.1 Å². The quantitative estimate of drug-likeness (QED) is 0.763. The minimum Gasteiger partial charge on any atom is -0.344 e. The molecule has 1 unspecified atom stereocenters. The molecule has 0 bridgehead atoms. The Balaban J connectivity index is 1.97. The van der Waals surface area contributed by atoms with Gasteiger partial charge in [-0.1, -0.05) is 36.8 Å². The summed E-state index contributed by atoms with van der Waals surface area (Å²) in [5.41, 5.74) is 1.61. The molecule has 0 aliphatic carbocycles. The molecule has 0 saturated carbocycles. The number of rotatable bonds is 4. The standard InChI is InChI=1S/C20H22N4O3/c1-5-15(13-8-6-12(2)7-9-13)22-18(25)16-11-10-14-17(21-16)23(3)20(27)24(4)19(14)26/h6-11,15H,5H2,1-4H3,(H,22,25). The molecule has 7 heteroatoms. The molecule has 140 valence electrons. The van der Waals surface area contributed by atoms with Crippen molar-refractivity contribution in [1.82, 2.24) is 19.4 Å². The third kappa shape index (κ3) is 3.40. The number of aryl methyl sites for hydroxylation is 2. The number of fused-ring (bicyclic) bond motifs is 1. The summed E-state index contributed by atoms with van der Waals surface area (Å²) in [5, 5.41) is 3.26.